The Morgan fingerprint density at radius 1 is 1.20 bits per heavy atom. The van der Waals surface area contributed by atoms with Crippen molar-refractivity contribution in [2.24, 2.45) is 0 Å². The van der Waals surface area contributed by atoms with Crippen LogP contribution in [-0.4, -0.2) is 53.9 Å². The molecule has 4 heterocycles. The van der Waals surface area contributed by atoms with Crippen LogP contribution >= 0.6 is 0 Å². The molecule has 0 radical (unpaired) electrons. The minimum Gasteiger partial charge on any atom is -0.339 e. The zero-order valence-electron chi connectivity index (χ0n) is 13.9. The molecule has 128 valence electrons. The van der Waals surface area contributed by atoms with Gasteiger partial charge in [-0.2, -0.15) is 14.7 Å². The first-order valence-corrected chi connectivity index (χ1v) is 8.82. The van der Waals surface area contributed by atoms with E-state index < -0.39 is 0 Å². The number of likely N-dealkylation sites (tertiary alicyclic amines) is 1. The molecule has 2 aliphatic rings. The zero-order chi connectivity index (χ0) is 16.8. The summed E-state index contributed by atoms with van der Waals surface area (Å²) in [5, 5.41) is 20.1. The summed E-state index contributed by atoms with van der Waals surface area (Å²) < 4.78 is 1.92. The Labute approximate surface area is 144 Å². The van der Waals surface area contributed by atoms with Crippen LogP contribution in [0.1, 0.15) is 52.6 Å². The largest absolute Gasteiger partial charge is 0.339 e. The molecule has 8 heteroatoms. The highest BCUT2D eigenvalue weighted by molar-refractivity contribution is 5.93. The van der Waals surface area contributed by atoms with Gasteiger partial charge in [0.1, 0.15) is 0 Å². The Morgan fingerprint density at radius 2 is 2.08 bits per heavy atom. The van der Waals surface area contributed by atoms with Crippen molar-refractivity contribution in [3.05, 3.63) is 41.1 Å². The molecule has 0 atom stereocenters. The van der Waals surface area contributed by atoms with E-state index in [0.29, 0.717) is 18.7 Å². The van der Waals surface area contributed by atoms with Gasteiger partial charge in [0.2, 0.25) is 0 Å². The van der Waals surface area contributed by atoms with Crippen molar-refractivity contribution in [3.8, 4) is 0 Å². The van der Waals surface area contributed by atoms with Gasteiger partial charge in [-0.25, -0.2) is 0 Å². The van der Waals surface area contributed by atoms with Gasteiger partial charge in [-0.3, -0.25) is 9.89 Å². The molecule has 3 aromatic rings. The fraction of sp³-hybridized carbons (Fsp3) is 0.471. The number of piperidine rings is 1. The van der Waals surface area contributed by atoms with Gasteiger partial charge in [0, 0.05) is 25.2 Å². The van der Waals surface area contributed by atoms with Gasteiger partial charge in [0.15, 0.2) is 11.5 Å². The van der Waals surface area contributed by atoms with Crippen LogP contribution < -0.4 is 0 Å². The monoisotopic (exact) mass is 337 g/mol. The molecular formula is C17H19N7O. The van der Waals surface area contributed by atoms with Crippen molar-refractivity contribution in [2.75, 3.05) is 13.1 Å². The molecule has 1 fully saturated rings. The number of nitrogens with one attached hydrogen (secondary N) is 1. The van der Waals surface area contributed by atoms with E-state index in [2.05, 4.69) is 26.5 Å². The summed E-state index contributed by atoms with van der Waals surface area (Å²) >= 11 is 0. The van der Waals surface area contributed by atoms with Crippen LogP contribution in [0, 0.1) is 0 Å². The van der Waals surface area contributed by atoms with Crippen LogP contribution in [-0.2, 0) is 12.8 Å². The summed E-state index contributed by atoms with van der Waals surface area (Å²) in [5.41, 5.74) is 3.95. The number of aromatic nitrogens is 6. The van der Waals surface area contributed by atoms with Gasteiger partial charge in [-0.1, -0.05) is 0 Å². The van der Waals surface area contributed by atoms with E-state index in [1.807, 2.05) is 9.42 Å². The first kappa shape index (κ1) is 14.6. The standard InChI is InChI=1S/C17H19N7O/c25-17(13-9-18-19-10-13)23-6-4-11(5-7-23)16-21-20-15-8-12-2-1-3-14(12)22-24(15)16/h8-11H,1-7H2,(H,18,19). The number of H-pyrrole nitrogens is 1. The molecule has 1 saturated heterocycles. The Bertz CT molecular complexity index is 922. The number of aromatic amines is 1. The lowest BCUT2D eigenvalue weighted by atomic mass is 9.96. The predicted octanol–water partition coefficient (Wildman–Crippen LogP) is 1.36. The molecule has 1 N–H and O–H groups in total. The molecule has 0 aromatic carbocycles. The molecule has 8 nitrogen and oxygen atoms in total. The summed E-state index contributed by atoms with van der Waals surface area (Å²) in [5.74, 6) is 1.25. The molecule has 0 unspecified atom stereocenters. The quantitative estimate of drug-likeness (QED) is 0.762. The summed E-state index contributed by atoms with van der Waals surface area (Å²) in [6.45, 7) is 1.43. The lowest BCUT2D eigenvalue weighted by Gasteiger charge is -2.30. The Morgan fingerprint density at radius 3 is 2.88 bits per heavy atom. The topological polar surface area (TPSA) is 92.1 Å². The second-order valence-electron chi connectivity index (χ2n) is 6.85. The third kappa shape index (κ3) is 2.40. The molecule has 0 spiro atoms. The molecule has 1 aliphatic heterocycles. The minimum atomic E-state index is 0.0363. The van der Waals surface area contributed by atoms with Crippen molar-refractivity contribution in [2.45, 2.75) is 38.0 Å². The molecule has 0 saturated carbocycles. The van der Waals surface area contributed by atoms with Gasteiger partial charge < -0.3 is 4.90 Å². The molecule has 1 aliphatic carbocycles. The predicted molar refractivity (Wildman–Crippen MR) is 89.3 cm³/mol. The van der Waals surface area contributed by atoms with Crippen molar-refractivity contribution < 1.29 is 4.79 Å². The van der Waals surface area contributed by atoms with Crippen LogP contribution in [0.3, 0.4) is 0 Å². The summed E-state index contributed by atoms with van der Waals surface area (Å²) in [7, 11) is 0. The number of nitrogens with zero attached hydrogens (tertiary/aromatic N) is 6. The Kier molecular flexibility index (Phi) is 3.29. The number of amides is 1. The number of carbonyl (C=O) groups excluding carboxylic acids is 1. The third-order valence-electron chi connectivity index (χ3n) is 5.34. The van der Waals surface area contributed by atoms with Crippen molar-refractivity contribution in [1.29, 1.82) is 0 Å². The summed E-state index contributed by atoms with van der Waals surface area (Å²) in [4.78, 5) is 14.3. The molecule has 1 amide bonds. The highest BCUT2D eigenvalue weighted by Gasteiger charge is 2.28. The number of hydrogen-bond acceptors (Lipinski definition) is 5. The molecule has 5 rings (SSSR count). The van der Waals surface area contributed by atoms with E-state index in [-0.39, 0.29) is 11.8 Å². The number of aryl methyl sites for hydroxylation is 2. The first-order valence-electron chi connectivity index (χ1n) is 8.82. The van der Waals surface area contributed by atoms with Crippen LogP contribution in [0.25, 0.3) is 5.65 Å². The van der Waals surface area contributed by atoms with E-state index in [1.165, 1.54) is 17.7 Å². The van der Waals surface area contributed by atoms with Gasteiger partial charge in [-0.05, 0) is 43.7 Å². The highest BCUT2D eigenvalue weighted by Crippen LogP contribution is 2.29. The van der Waals surface area contributed by atoms with E-state index in [9.17, 15) is 4.79 Å². The number of hydrogen-bond donors (Lipinski definition) is 1. The molecule has 0 bridgehead atoms. The van der Waals surface area contributed by atoms with Crippen LogP contribution in [0.5, 0.6) is 0 Å². The van der Waals surface area contributed by atoms with Gasteiger partial charge >= 0.3 is 0 Å². The number of fused-ring (bicyclic) bond motifs is 2. The fourth-order valence-electron chi connectivity index (χ4n) is 3.94. The summed E-state index contributed by atoms with van der Waals surface area (Å²) in [6, 6.07) is 2.13. The smallest absolute Gasteiger partial charge is 0.257 e. The maximum Gasteiger partial charge on any atom is 0.257 e. The van der Waals surface area contributed by atoms with E-state index >= 15 is 0 Å². The normalized spacial score (nSPS) is 18.0. The fourth-order valence-corrected chi connectivity index (χ4v) is 3.94. The Hall–Kier alpha value is -2.77. The zero-order valence-corrected chi connectivity index (χ0v) is 13.9. The maximum absolute atomic E-state index is 12.4. The molecule has 25 heavy (non-hydrogen) atoms. The third-order valence-corrected chi connectivity index (χ3v) is 5.34. The number of carbonyl (C=O) groups is 1. The second kappa shape index (κ2) is 5.65. The van der Waals surface area contributed by atoms with Crippen LogP contribution in [0.15, 0.2) is 18.5 Å². The van der Waals surface area contributed by atoms with Gasteiger partial charge in [0.25, 0.3) is 5.91 Å². The minimum absolute atomic E-state index is 0.0363. The van der Waals surface area contributed by atoms with E-state index in [4.69, 9.17) is 5.10 Å². The second-order valence-corrected chi connectivity index (χ2v) is 6.85. The first-order chi connectivity index (χ1) is 12.3. The average molecular weight is 337 g/mol. The van der Waals surface area contributed by atoms with Gasteiger partial charge in [-0.15, -0.1) is 10.2 Å². The van der Waals surface area contributed by atoms with Crippen molar-refractivity contribution in [3.63, 3.8) is 0 Å². The van der Waals surface area contributed by atoms with E-state index in [0.717, 1.165) is 37.2 Å². The highest BCUT2D eigenvalue weighted by atomic mass is 16.2. The van der Waals surface area contributed by atoms with E-state index in [1.54, 1.807) is 12.4 Å². The average Bonchev–Trinajstić information content (AvgIpc) is 3.39. The maximum atomic E-state index is 12.4. The summed E-state index contributed by atoms with van der Waals surface area (Å²) in [6.07, 6.45) is 8.28. The van der Waals surface area contributed by atoms with Crippen molar-refractivity contribution in [1.82, 2.24) is 34.9 Å². The van der Waals surface area contributed by atoms with Crippen molar-refractivity contribution >= 4 is 11.6 Å². The molecular weight excluding hydrogens is 318 g/mol. The lowest BCUT2D eigenvalue weighted by Crippen LogP contribution is -2.38. The Balaban J connectivity index is 1.36. The van der Waals surface area contributed by atoms with Gasteiger partial charge in [0.05, 0.1) is 17.5 Å². The molecule has 3 aromatic heterocycles. The SMILES string of the molecule is O=C(c1cn[nH]c1)N1CCC(c2nnc3cc4c(nn23)CCC4)CC1. The van der Waals surface area contributed by atoms with Crippen LogP contribution in [0.4, 0.5) is 0 Å². The number of rotatable bonds is 2. The lowest BCUT2D eigenvalue weighted by molar-refractivity contribution is 0.0710. The van der Waals surface area contributed by atoms with Crippen LogP contribution in [0.2, 0.25) is 0 Å².